The lowest BCUT2D eigenvalue weighted by Gasteiger charge is -2.13. The molecular formula is C26H29BrN8O2S2. The fourth-order valence-electron chi connectivity index (χ4n) is 5.13. The molecule has 7 heterocycles. The minimum Gasteiger partial charge on any atom is -0.308 e. The van der Waals surface area contributed by atoms with Gasteiger partial charge in [-0.05, 0) is 86.8 Å². The second-order valence-electron chi connectivity index (χ2n) is 9.99. The summed E-state index contributed by atoms with van der Waals surface area (Å²) in [7, 11) is 0. The lowest BCUT2D eigenvalue weighted by Crippen LogP contribution is -2.22. The maximum atomic E-state index is 12.3. The molecule has 5 aromatic rings. The molecule has 2 aliphatic rings. The fraction of sp³-hybridized carbons (Fsp3) is 0.423. The molecule has 0 unspecified atom stereocenters. The lowest BCUT2D eigenvalue weighted by atomic mass is 10.2. The number of halogens is 1. The first-order valence-electron chi connectivity index (χ1n) is 13.1. The number of nitrogens with one attached hydrogen (secondary N) is 3. The third-order valence-electron chi connectivity index (χ3n) is 7.07. The third kappa shape index (κ3) is 5.92. The van der Waals surface area contributed by atoms with Crippen LogP contribution in [0.5, 0.6) is 0 Å². The van der Waals surface area contributed by atoms with Gasteiger partial charge in [0.05, 0.1) is 34.1 Å². The molecule has 5 aromatic heterocycles. The van der Waals surface area contributed by atoms with E-state index < -0.39 is 0 Å². The van der Waals surface area contributed by atoms with Gasteiger partial charge in [-0.15, -0.1) is 22.7 Å². The number of aromatic amines is 3. The Bertz CT molecular complexity index is 1720. The van der Waals surface area contributed by atoms with E-state index in [1.807, 2.05) is 19.1 Å². The molecule has 204 valence electrons. The molecule has 2 fully saturated rings. The number of thiophene rings is 2. The van der Waals surface area contributed by atoms with E-state index in [0.29, 0.717) is 9.40 Å². The molecule has 2 aliphatic heterocycles. The van der Waals surface area contributed by atoms with Gasteiger partial charge >= 0.3 is 0 Å². The molecule has 0 radical (unpaired) electrons. The summed E-state index contributed by atoms with van der Waals surface area (Å²) < 4.78 is 2.33. The van der Waals surface area contributed by atoms with E-state index >= 15 is 0 Å². The molecule has 0 saturated carbocycles. The molecule has 2 saturated heterocycles. The van der Waals surface area contributed by atoms with Crippen molar-refractivity contribution in [1.82, 2.24) is 39.9 Å². The van der Waals surface area contributed by atoms with Crippen molar-refractivity contribution in [2.24, 2.45) is 0 Å². The molecule has 3 N–H and O–H groups in total. The normalized spacial score (nSPS) is 16.4. The Morgan fingerprint density at radius 3 is 1.92 bits per heavy atom. The van der Waals surface area contributed by atoms with Crippen LogP contribution in [0.15, 0.2) is 31.7 Å². The predicted molar refractivity (Wildman–Crippen MR) is 160 cm³/mol. The smallest absolute Gasteiger partial charge is 0.268 e. The highest BCUT2D eigenvalue weighted by atomic mass is 79.9. The summed E-state index contributed by atoms with van der Waals surface area (Å²) in [6, 6.07) is 3.89. The Labute approximate surface area is 240 Å². The van der Waals surface area contributed by atoms with Crippen LogP contribution < -0.4 is 11.1 Å². The van der Waals surface area contributed by atoms with Crippen LogP contribution in [0.4, 0.5) is 0 Å². The average Bonchev–Trinajstić information content (AvgIpc) is 3.71. The van der Waals surface area contributed by atoms with Gasteiger partial charge in [-0.25, -0.2) is 9.97 Å². The van der Waals surface area contributed by atoms with Gasteiger partial charge in [-0.1, -0.05) is 0 Å². The van der Waals surface area contributed by atoms with Crippen molar-refractivity contribution in [2.45, 2.75) is 45.7 Å². The predicted octanol–water partition coefficient (Wildman–Crippen LogP) is 4.62. The Kier molecular flexibility index (Phi) is 7.76. The van der Waals surface area contributed by atoms with E-state index in [2.05, 4.69) is 55.9 Å². The van der Waals surface area contributed by atoms with E-state index in [1.54, 1.807) is 6.20 Å². The van der Waals surface area contributed by atoms with E-state index in [0.717, 1.165) is 81.9 Å². The second kappa shape index (κ2) is 11.4. The number of fused-ring (bicyclic) bond motifs is 2. The zero-order chi connectivity index (χ0) is 26.9. The van der Waals surface area contributed by atoms with E-state index in [4.69, 9.17) is 0 Å². The van der Waals surface area contributed by atoms with Crippen LogP contribution in [-0.2, 0) is 13.1 Å². The highest BCUT2D eigenvalue weighted by molar-refractivity contribution is 9.11. The van der Waals surface area contributed by atoms with Crippen molar-refractivity contribution < 1.29 is 0 Å². The number of likely N-dealkylation sites (tertiary alicyclic amines) is 2. The minimum absolute atomic E-state index is 0.0279. The number of aryl methyl sites for hydroxylation is 1. The molecule has 39 heavy (non-hydrogen) atoms. The first-order chi connectivity index (χ1) is 18.9. The summed E-state index contributed by atoms with van der Waals surface area (Å²) in [5, 5.41) is 6.97. The quantitative estimate of drug-likeness (QED) is 0.259. The Hall–Kier alpha value is -2.71. The summed E-state index contributed by atoms with van der Waals surface area (Å²) >= 11 is 6.28. The highest BCUT2D eigenvalue weighted by Crippen LogP contribution is 2.32. The monoisotopic (exact) mass is 628 g/mol. The molecule has 0 amide bonds. The number of aromatic nitrogens is 6. The van der Waals surface area contributed by atoms with Crippen LogP contribution in [0, 0.1) is 6.92 Å². The van der Waals surface area contributed by atoms with Crippen LogP contribution in [0.25, 0.3) is 30.9 Å². The van der Waals surface area contributed by atoms with Gasteiger partial charge in [0.15, 0.2) is 0 Å². The Balaban J connectivity index is 0.000000147. The van der Waals surface area contributed by atoms with Crippen molar-refractivity contribution in [2.75, 3.05) is 26.2 Å². The highest BCUT2D eigenvalue weighted by Gasteiger charge is 2.17. The van der Waals surface area contributed by atoms with Gasteiger partial charge in [0.25, 0.3) is 11.1 Å². The standard InChI is InChI=1S/C15H17N5OS.C11H12BrN3OS/c1-9-10(7-16-19-9)12-6-11-14(22-12)15(21)18-13(17-11)8-20-4-2-3-5-20;12-8-5-7-10(17-8)11(16)14-9(13-7)6-15-3-1-2-4-15/h6-7H,2-5,8H2,1H3,(H,16,19)(H,17,18,21);5H,1-4,6H2,(H,13,14,16). The van der Waals surface area contributed by atoms with E-state index in [9.17, 15) is 9.59 Å². The van der Waals surface area contributed by atoms with Crippen molar-refractivity contribution >= 4 is 59.0 Å². The number of nitrogens with zero attached hydrogens (tertiary/aromatic N) is 5. The Morgan fingerprint density at radius 1 is 0.846 bits per heavy atom. The number of rotatable bonds is 5. The number of hydrogen-bond donors (Lipinski definition) is 3. The summed E-state index contributed by atoms with van der Waals surface area (Å²) in [5.41, 5.74) is 3.53. The van der Waals surface area contributed by atoms with Gasteiger partial charge in [-0.3, -0.25) is 24.5 Å². The van der Waals surface area contributed by atoms with Crippen LogP contribution in [0.1, 0.15) is 43.0 Å². The first kappa shape index (κ1) is 26.5. The molecular weight excluding hydrogens is 600 g/mol. The van der Waals surface area contributed by atoms with Crippen LogP contribution in [0.2, 0.25) is 0 Å². The molecule has 0 aliphatic carbocycles. The summed E-state index contributed by atoms with van der Waals surface area (Å²) in [6.07, 6.45) is 6.75. The molecule has 13 heteroatoms. The maximum Gasteiger partial charge on any atom is 0.268 e. The molecule has 0 bridgehead atoms. The van der Waals surface area contributed by atoms with Crippen LogP contribution in [0.3, 0.4) is 0 Å². The topological polar surface area (TPSA) is 127 Å². The maximum absolute atomic E-state index is 12.3. The lowest BCUT2D eigenvalue weighted by molar-refractivity contribution is 0.322. The van der Waals surface area contributed by atoms with Gasteiger partial charge in [0, 0.05) is 16.1 Å². The van der Waals surface area contributed by atoms with Gasteiger partial charge < -0.3 is 9.97 Å². The average molecular weight is 630 g/mol. The summed E-state index contributed by atoms with van der Waals surface area (Å²) in [5.74, 6) is 1.53. The second-order valence-corrected chi connectivity index (χ2v) is 13.5. The van der Waals surface area contributed by atoms with E-state index in [-0.39, 0.29) is 11.1 Å². The number of hydrogen-bond acceptors (Lipinski definition) is 9. The summed E-state index contributed by atoms with van der Waals surface area (Å²) in [4.78, 5) is 44.8. The van der Waals surface area contributed by atoms with Crippen LogP contribution >= 0.6 is 38.6 Å². The molecule has 0 spiro atoms. The van der Waals surface area contributed by atoms with E-state index in [1.165, 1.54) is 48.4 Å². The first-order valence-corrected chi connectivity index (χ1v) is 15.5. The molecule has 10 nitrogen and oxygen atoms in total. The van der Waals surface area contributed by atoms with Crippen LogP contribution in [-0.4, -0.2) is 66.1 Å². The van der Waals surface area contributed by atoms with Crippen molar-refractivity contribution in [3.63, 3.8) is 0 Å². The Morgan fingerprint density at radius 2 is 1.38 bits per heavy atom. The zero-order valence-electron chi connectivity index (χ0n) is 21.6. The van der Waals surface area contributed by atoms with Gasteiger partial charge in [0.2, 0.25) is 0 Å². The third-order valence-corrected chi connectivity index (χ3v) is 9.86. The molecule has 0 aromatic carbocycles. The largest absolute Gasteiger partial charge is 0.308 e. The SMILES string of the molecule is Cc1[nH]ncc1-c1cc2nc(CN3CCCC3)[nH]c(=O)c2s1.O=c1[nH]c(CN2CCCC2)nc2cc(Br)sc12. The fourth-order valence-corrected chi connectivity index (χ4v) is 7.61. The van der Waals surface area contributed by atoms with Gasteiger partial charge in [0.1, 0.15) is 21.0 Å². The van der Waals surface area contributed by atoms with Crippen molar-refractivity contribution in [1.29, 1.82) is 0 Å². The minimum atomic E-state index is -0.0448. The summed E-state index contributed by atoms with van der Waals surface area (Å²) in [6.45, 7) is 7.84. The molecule has 0 atom stereocenters. The van der Waals surface area contributed by atoms with Crippen molar-refractivity contribution in [3.8, 4) is 10.4 Å². The molecule has 7 rings (SSSR count). The van der Waals surface area contributed by atoms with Crippen molar-refractivity contribution in [3.05, 3.63) is 60.2 Å². The number of H-pyrrole nitrogens is 3. The van der Waals surface area contributed by atoms with Gasteiger partial charge in [-0.2, -0.15) is 5.10 Å². The zero-order valence-corrected chi connectivity index (χ0v) is 24.8.